The van der Waals surface area contributed by atoms with Crippen molar-refractivity contribution in [2.24, 2.45) is 7.05 Å². The largest absolute Gasteiger partial charge is 0.330 e. The van der Waals surface area contributed by atoms with Crippen molar-refractivity contribution in [2.45, 2.75) is 19.9 Å². The summed E-state index contributed by atoms with van der Waals surface area (Å²) in [4.78, 5) is 23.8. The minimum atomic E-state index is -0.374. The predicted octanol–water partition coefficient (Wildman–Crippen LogP) is 1.90. The van der Waals surface area contributed by atoms with Gasteiger partial charge in [-0.15, -0.1) is 0 Å². The smallest absolute Gasteiger partial charge is 0.300 e. The van der Waals surface area contributed by atoms with Crippen LogP contribution in [0.3, 0.4) is 0 Å². The Kier molecular flexibility index (Phi) is 4.42. The third-order valence-corrected chi connectivity index (χ3v) is 3.88. The fourth-order valence-electron chi connectivity index (χ4n) is 2.04. The zero-order valence-corrected chi connectivity index (χ0v) is 13.3. The monoisotopic (exact) mass is 388 g/mol. The summed E-state index contributed by atoms with van der Waals surface area (Å²) in [6.45, 7) is 2.06. The molecule has 4 nitrogen and oxygen atoms in total. The first-order valence-electron chi connectivity index (χ1n) is 6.17. The van der Waals surface area contributed by atoms with E-state index in [0.717, 1.165) is 8.14 Å². The molecule has 0 aliphatic rings. The van der Waals surface area contributed by atoms with Gasteiger partial charge in [-0.1, -0.05) is 6.07 Å². The first-order valence-corrected chi connectivity index (χ1v) is 7.25. The standard InChI is InChI=1S/C14H14FIN2O2/c1-3-18-13(19)8-11(17(2)14(18)20)6-9-4-5-10(16)7-12(9)15/h4-5,7-8H,3,6H2,1-2H3. The van der Waals surface area contributed by atoms with Gasteiger partial charge in [-0.3, -0.25) is 9.36 Å². The Morgan fingerprint density at radius 1 is 1.25 bits per heavy atom. The van der Waals surface area contributed by atoms with E-state index in [-0.39, 0.29) is 23.5 Å². The highest BCUT2D eigenvalue weighted by Gasteiger charge is 2.10. The molecule has 6 heteroatoms. The Labute approximate surface area is 129 Å². The van der Waals surface area contributed by atoms with Crippen LogP contribution in [0.15, 0.2) is 33.9 Å². The van der Waals surface area contributed by atoms with Gasteiger partial charge in [0.1, 0.15) is 5.82 Å². The maximum Gasteiger partial charge on any atom is 0.330 e. The van der Waals surface area contributed by atoms with E-state index >= 15 is 0 Å². The van der Waals surface area contributed by atoms with Crippen molar-refractivity contribution in [2.75, 3.05) is 0 Å². The molecule has 106 valence electrons. The van der Waals surface area contributed by atoms with Gasteiger partial charge in [-0.2, -0.15) is 0 Å². The first kappa shape index (κ1) is 15.0. The number of rotatable bonds is 3. The first-order chi connectivity index (χ1) is 9.43. The summed E-state index contributed by atoms with van der Waals surface area (Å²) in [7, 11) is 1.59. The van der Waals surface area contributed by atoms with Crippen LogP contribution in [0.2, 0.25) is 0 Å². The van der Waals surface area contributed by atoms with E-state index in [9.17, 15) is 14.0 Å². The lowest BCUT2D eigenvalue weighted by Gasteiger charge is -2.11. The van der Waals surface area contributed by atoms with Gasteiger partial charge in [0.25, 0.3) is 5.56 Å². The number of halogens is 2. The molecule has 0 radical (unpaired) electrons. The molecule has 1 aromatic heterocycles. The molecule has 0 aliphatic carbocycles. The van der Waals surface area contributed by atoms with Crippen LogP contribution in [-0.2, 0) is 20.0 Å². The van der Waals surface area contributed by atoms with Crippen LogP contribution >= 0.6 is 22.6 Å². The molecule has 0 saturated heterocycles. The van der Waals surface area contributed by atoms with Gasteiger partial charge in [-0.05, 0) is 47.2 Å². The molecule has 0 bridgehead atoms. The summed E-state index contributed by atoms with van der Waals surface area (Å²) in [5.74, 6) is -0.330. The Hall–Kier alpha value is -1.44. The SMILES string of the molecule is CCn1c(=O)cc(Cc2ccc(I)cc2F)n(C)c1=O. The molecule has 0 fully saturated rings. The molecule has 2 rings (SSSR count). The summed E-state index contributed by atoms with van der Waals surface area (Å²) in [6, 6.07) is 6.29. The van der Waals surface area contributed by atoms with E-state index in [1.165, 1.54) is 16.7 Å². The Balaban J connectivity index is 2.50. The number of aromatic nitrogens is 2. The van der Waals surface area contributed by atoms with Gasteiger partial charge in [0.2, 0.25) is 0 Å². The van der Waals surface area contributed by atoms with Gasteiger partial charge in [0.05, 0.1) is 0 Å². The molecule has 0 aliphatic heterocycles. The van der Waals surface area contributed by atoms with E-state index in [1.807, 2.05) is 22.6 Å². The van der Waals surface area contributed by atoms with Crippen LogP contribution in [0.1, 0.15) is 18.2 Å². The van der Waals surface area contributed by atoms with Gasteiger partial charge in [-0.25, -0.2) is 9.18 Å². The lowest BCUT2D eigenvalue weighted by atomic mass is 10.1. The lowest BCUT2D eigenvalue weighted by molar-refractivity contribution is 0.591. The second-order valence-electron chi connectivity index (χ2n) is 4.47. The molecule has 1 aromatic carbocycles. The van der Waals surface area contributed by atoms with E-state index < -0.39 is 0 Å². The molecule has 2 aromatic rings. The number of hydrogen-bond acceptors (Lipinski definition) is 2. The van der Waals surface area contributed by atoms with Crippen molar-refractivity contribution < 1.29 is 4.39 Å². The van der Waals surface area contributed by atoms with E-state index in [0.29, 0.717) is 17.8 Å². The molecule has 0 amide bonds. The molecule has 1 heterocycles. The zero-order chi connectivity index (χ0) is 14.9. The summed E-state index contributed by atoms with van der Waals surface area (Å²) in [5, 5.41) is 0. The molecule has 0 unspecified atom stereocenters. The van der Waals surface area contributed by atoms with Crippen molar-refractivity contribution >= 4 is 22.6 Å². The predicted molar refractivity (Wildman–Crippen MR) is 83.5 cm³/mol. The van der Waals surface area contributed by atoms with Crippen molar-refractivity contribution in [3.8, 4) is 0 Å². The summed E-state index contributed by atoms with van der Waals surface area (Å²) < 4.78 is 17.2. The van der Waals surface area contributed by atoms with Crippen molar-refractivity contribution in [1.82, 2.24) is 9.13 Å². The zero-order valence-electron chi connectivity index (χ0n) is 11.2. The van der Waals surface area contributed by atoms with Gasteiger partial charge in [0, 0.05) is 35.3 Å². The highest BCUT2D eigenvalue weighted by Crippen LogP contribution is 2.15. The number of nitrogens with zero attached hydrogens (tertiary/aromatic N) is 2. The fourth-order valence-corrected chi connectivity index (χ4v) is 2.49. The fraction of sp³-hybridized carbons (Fsp3) is 0.286. The summed E-state index contributed by atoms with van der Waals surface area (Å²) in [6.07, 6.45) is 0.217. The van der Waals surface area contributed by atoms with Crippen molar-refractivity contribution in [3.63, 3.8) is 0 Å². The van der Waals surface area contributed by atoms with Gasteiger partial charge < -0.3 is 4.57 Å². The summed E-state index contributed by atoms with van der Waals surface area (Å²) in [5.41, 5.74) is 0.247. The van der Waals surface area contributed by atoms with Crippen LogP contribution in [0.4, 0.5) is 4.39 Å². The third kappa shape index (κ3) is 2.84. The molecule has 0 N–H and O–H groups in total. The second kappa shape index (κ2) is 5.90. The maximum absolute atomic E-state index is 13.8. The van der Waals surface area contributed by atoms with Gasteiger partial charge in [0.15, 0.2) is 0 Å². The number of hydrogen-bond donors (Lipinski definition) is 0. The Morgan fingerprint density at radius 3 is 2.55 bits per heavy atom. The van der Waals surface area contributed by atoms with Crippen LogP contribution in [0.25, 0.3) is 0 Å². The van der Waals surface area contributed by atoms with E-state index in [1.54, 1.807) is 26.1 Å². The highest BCUT2D eigenvalue weighted by atomic mass is 127. The summed E-state index contributed by atoms with van der Waals surface area (Å²) >= 11 is 2.03. The number of benzene rings is 1. The average molecular weight is 388 g/mol. The van der Waals surface area contributed by atoms with Crippen LogP contribution < -0.4 is 11.2 Å². The van der Waals surface area contributed by atoms with Crippen LogP contribution in [0.5, 0.6) is 0 Å². The normalized spacial score (nSPS) is 10.8. The average Bonchev–Trinajstić information content (AvgIpc) is 2.39. The molecule has 0 atom stereocenters. The Bertz CT molecular complexity index is 765. The third-order valence-electron chi connectivity index (χ3n) is 3.21. The molecule has 0 spiro atoms. The van der Waals surface area contributed by atoms with Gasteiger partial charge >= 0.3 is 5.69 Å². The molecular weight excluding hydrogens is 374 g/mol. The van der Waals surface area contributed by atoms with Crippen molar-refractivity contribution in [3.05, 3.63) is 65.7 Å². The lowest BCUT2D eigenvalue weighted by Crippen LogP contribution is -2.39. The van der Waals surface area contributed by atoms with Crippen molar-refractivity contribution in [1.29, 1.82) is 0 Å². The van der Waals surface area contributed by atoms with Crippen LogP contribution in [0, 0.1) is 9.39 Å². The molecular formula is C14H14FIN2O2. The molecule has 0 saturated carbocycles. The van der Waals surface area contributed by atoms with E-state index in [2.05, 4.69) is 0 Å². The second-order valence-corrected chi connectivity index (χ2v) is 5.72. The molecule has 20 heavy (non-hydrogen) atoms. The van der Waals surface area contributed by atoms with Crippen LogP contribution in [-0.4, -0.2) is 9.13 Å². The minimum Gasteiger partial charge on any atom is -0.300 e. The quantitative estimate of drug-likeness (QED) is 0.755. The maximum atomic E-state index is 13.8. The van der Waals surface area contributed by atoms with E-state index in [4.69, 9.17) is 0 Å². The highest BCUT2D eigenvalue weighted by molar-refractivity contribution is 14.1. The Morgan fingerprint density at radius 2 is 1.95 bits per heavy atom. The minimum absolute atomic E-state index is 0.217. The topological polar surface area (TPSA) is 44.0 Å².